The number of hydrogen-bond acceptors (Lipinski definition) is 6. The van der Waals surface area contributed by atoms with Gasteiger partial charge >= 0.3 is 0 Å². The van der Waals surface area contributed by atoms with Gasteiger partial charge in [0.15, 0.2) is 0 Å². The normalized spacial score (nSPS) is 16.4. The molecule has 2 N–H and O–H groups in total. The first kappa shape index (κ1) is 24.0. The largest absolute Gasteiger partial charge is 0.353 e. The minimum atomic E-state index is -3.85. The van der Waals surface area contributed by atoms with E-state index in [0.29, 0.717) is 10.6 Å². The SMILES string of the molecule is C[C@@H](NS(=O)(=O)c1ccccc1)C(=O)NCCN1C(=O)S/C(=C\c2ccccc2Cl)C1=O. The van der Waals surface area contributed by atoms with Crippen molar-refractivity contribution in [1.29, 1.82) is 0 Å². The van der Waals surface area contributed by atoms with E-state index < -0.39 is 33.1 Å². The number of amides is 3. The summed E-state index contributed by atoms with van der Waals surface area (Å²) in [5, 5.41) is 2.54. The van der Waals surface area contributed by atoms with Crippen LogP contribution in [0.4, 0.5) is 4.79 Å². The van der Waals surface area contributed by atoms with E-state index in [4.69, 9.17) is 11.6 Å². The van der Waals surface area contributed by atoms with Crippen molar-refractivity contribution in [2.75, 3.05) is 13.1 Å². The van der Waals surface area contributed by atoms with Gasteiger partial charge in [-0.25, -0.2) is 8.42 Å². The minimum absolute atomic E-state index is 0.0202. The first-order valence-corrected chi connectivity index (χ1v) is 12.2. The quantitative estimate of drug-likeness (QED) is 0.547. The molecule has 11 heteroatoms. The molecule has 0 unspecified atom stereocenters. The van der Waals surface area contributed by atoms with Gasteiger partial charge in [-0.2, -0.15) is 4.72 Å². The second kappa shape index (κ2) is 10.3. The molecule has 1 heterocycles. The van der Waals surface area contributed by atoms with E-state index in [1.165, 1.54) is 19.1 Å². The van der Waals surface area contributed by atoms with E-state index in [2.05, 4.69) is 10.0 Å². The molecule has 0 aromatic heterocycles. The fraction of sp³-hybridized carbons (Fsp3) is 0.190. The number of carbonyl (C=O) groups excluding carboxylic acids is 3. The number of hydrogen-bond donors (Lipinski definition) is 2. The van der Waals surface area contributed by atoms with Gasteiger partial charge in [0, 0.05) is 18.1 Å². The van der Waals surface area contributed by atoms with Gasteiger partial charge in [0.1, 0.15) is 0 Å². The van der Waals surface area contributed by atoms with E-state index in [1.54, 1.807) is 48.5 Å². The van der Waals surface area contributed by atoms with Crippen LogP contribution in [0.3, 0.4) is 0 Å². The fourth-order valence-corrected chi connectivity index (χ4v) is 5.09. The van der Waals surface area contributed by atoms with Crippen LogP contribution in [0, 0.1) is 0 Å². The van der Waals surface area contributed by atoms with E-state index in [-0.39, 0.29) is 22.9 Å². The lowest BCUT2D eigenvalue weighted by atomic mass is 10.2. The smallest absolute Gasteiger partial charge is 0.293 e. The van der Waals surface area contributed by atoms with Crippen molar-refractivity contribution in [2.24, 2.45) is 0 Å². The molecule has 1 saturated heterocycles. The fourth-order valence-electron chi connectivity index (χ4n) is 2.82. The lowest BCUT2D eigenvalue weighted by Gasteiger charge is -2.16. The molecule has 8 nitrogen and oxygen atoms in total. The zero-order valence-electron chi connectivity index (χ0n) is 16.9. The first-order chi connectivity index (χ1) is 15.2. The summed E-state index contributed by atoms with van der Waals surface area (Å²) in [5.74, 6) is -1.06. The molecule has 2 aromatic rings. The average Bonchev–Trinajstić information content (AvgIpc) is 3.03. The van der Waals surface area contributed by atoms with E-state index in [1.807, 2.05) is 0 Å². The Hall–Kier alpha value is -2.66. The molecule has 0 bridgehead atoms. The summed E-state index contributed by atoms with van der Waals surface area (Å²) in [6.07, 6.45) is 1.55. The molecule has 1 fully saturated rings. The Kier molecular flexibility index (Phi) is 7.73. The topological polar surface area (TPSA) is 113 Å². The third-order valence-corrected chi connectivity index (χ3v) is 7.29. The molecular formula is C21H20ClN3O5S2. The number of thioether (sulfide) groups is 1. The molecule has 3 amide bonds. The van der Waals surface area contributed by atoms with Crippen molar-refractivity contribution < 1.29 is 22.8 Å². The van der Waals surface area contributed by atoms with Gasteiger partial charge in [-0.05, 0) is 48.5 Å². The predicted octanol–water partition coefficient (Wildman–Crippen LogP) is 2.86. The average molecular weight is 494 g/mol. The molecule has 0 radical (unpaired) electrons. The molecular weight excluding hydrogens is 474 g/mol. The van der Waals surface area contributed by atoms with Crippen LogP contribution in [0.15, 0.2) is 64.4 Å². The van der Waals surface area contributed by atoms with Gasteiger partial charge in [0.05, 0.1) is 15.8 Å². The van der Waals surface area contributed by atoms with Crippen LogP contribution in [0.25, 0.3) is 6.08 Å². The molecule has 3 rings (SSSR count). The minimum Gasteiger partial charge on any atom is -0.353 e. The van der Waals surface area contributed by atoms with E-state index in [9.17, 15) is 22.8 Å². The predicted molar refractivity (Wildman–Crippen MR) is 123 cm³/mol. The van der Waals surface area contributed by atoms with Gasteiger partial charge in [-0.15, -0.1) is 0 Å². The van der Waals surface area contributed by atoms with Gasteiger partial charge in [0.2, 0.25) is 15.9 Å². The zero-order valence-corrected chi connectivity index (χ0v) is 19.3. The highest BCUT2D eigenvalue weighted by Crippen LogP contribution is 2.33. The standard InChI is InChI=1S/C21H20ClN3O5S2/c1-14(24-32(29,30)16-8-3-2-4-9-16)19(26)23-11-12-25-20(27)18(31-21(25)28)13-15-7-5-6-10-17(15)22/h2-10,13-14,24H,11-12H2,1H3,(H,23,26)/b18-13-/t14-/m1/s1. The molecule has 0 saturated carbocycles. The monoisotopic (exact) mass is 493 g/mol. The lowest BCUT2D eigenvalue weighted by Crippen LogP contribution is -2.46. The molecule has 2 aromatic carbocycles. The third kappa shape index (κ3) is 5.77. The number of nitrogens with one attached hydrogen (secondary N) is 2. The number of nitrogens with zero attached hydrogens (tertiary/aromatic N) is 1. The number of carbonyl (C=O) groups is 3. The molecule has 32 heavy (non-hydrogen) atoms. The highest BCUT2D eigenvalue weighted by Gasteiger charge is 2.35. The van der Waals surface area contributed by atoms with Crippen LogP contribution in [0.2, 0.25) is 5.02 Å². The Morgan fingerprint density at radius 2 is 1.78 bits per heavy atom. The highest BCUT2D eigenvalue weighted by molar-refractivity contribution is 8.18. The second-order valence-corrected chi connectivity index (χ2v) is 9.92. The number of benzene rings is 2. The maximum Gasteiger partial charge on any atom is 0.293 e. The van der Waals surface area contributed by atoms with Crippen LogP contribution in [0.1, 0.15) is 12.5 Å². The lowest BCUT2D eigenvalue weighted by molar-refractivity contribution is -0.124. The summed E-state index contributed by atoms with van der Waals surface area (Å²) in [7, 11) is -3.85. The van der Waals surface area contributed by atoms with Crippen molar-refractivity contribution in [2.45, 2.75) is 17.9 Å². The number of imide groups is 1. The Balaban J connectivity index is 1.54. The van der Waals surface area contributed by atoms with Crippen molar-refractivity contribution in [3.63, 3.8) is 0 Å². The van der Waals surface area contributed by atoms with Crippen LogP contribution in [-0.2, 0) is 19.6 Å². The Labute approximate surface area is 195 Å². The molecule has 0 aliphatic carbocycles. The maximum atomic E-state index is 12.6. The summed E-state index contributed by atoms with van der Waals surface area (Å²) < 4.78 is 26.9. The van der Waals surface area contributed by atoms with Gasteiger partial charge in [-0.3, -0.25) is 19.3 Å². The van der Waals surface area contributed by atoms with Crippen LogP contribution in [-0.4, -0.2) is 49.5 Å². The number of rotatable bonds is 8. The van der Waals surface area contributed by atoms with Gasteiger partial charge in [0.25, 0.3) is 11.1 Å². The summed E-state index contributed by atoms with van der Waals surface area (Å²) in [6, 6.07) is 13.6. The highest BCUT2D eigenvalue weighted by atomic mass is 35.5. The van der Waals surface area contributed by atoms with Crippen molar-refractivity contribution in [3.05, 3.63) is 70.1 Å². The van der Waals surface area contributed by atoms with Crippen LogP contribution >= 0.6 is 23.4 Å². The maximum absolute atomic E-state index is 12.6. The summed E-state index contributed by atoms with van der Waals surface area (Å²) in [6.45, 7) is 1.34. The summed E-state index contributed by atoms with van der Waals surface area (Å²) in [4.78, 5) is 38.3. The third-order valence-electron chi connectivity index (χ3n) is 4.48. The van der Waals surface area contributed by atoms with E-state index >= 15 is 0 Å². The van der Waals surface area contributed by atoms with Crippen molar-refractivity contribution >= 4 is 56.5 Å². The van der Waals surface area contributed by atoms with Crippen LogP contribution < -0.4 is 10.0 Å². The van der Waals surface area contributed by atoms with Gasteiger partial charge < -0.3 is 5.32 Å². The number of sulfonamides is 1. The van der Waals surface area contributed by atoms with E-state index in [0.717, 1.165) is 16.7 Å². The number of halogens is 1. The second-order valence-electron chi connectivity index (χ2n) is 6.80. The summed E-state index contributed by atoms with van der Waals surface area (Å²) in [5.41, 5.74) is 0.618. The molecule has 0 spiro atoms. The Morgan fingerprint density at radius 1 is 1.12 bits per heavy atom. The molecule has 168 valence electrons. The Bertz CT molecular complexity index is 1170. The van der Waals surface area contributed by atoms with Crippen molar-refractivity contribution in [1.82, 2.24) is 14.9 Å². The molecule has 1 aliphatic heterocycles. The van der Waals surface area contributed by atoms with Crippen molar-refractivity contribution in [3.8, 4) is 0 Å². The Morgan fingerprint density at radius 3 is 2.47 bits per heavy atom. The first-order valence-electron chi connectivity index (χ1n) is 9.54. The summed E-state index contributed by atoms with van der Waals surface area (Å²) >= 11 is 6.89. The molecule has 1 aliphatic rings. The zero-order chi connectivity index (χ0) is 23.3. The molecule has 1 atom stereocenters. The van der Waals surface area contributed by atoms with Crippen LogP contribution in [0.5, 0.6) is 0 Å². The van der Waals surface area contributed by atoms with Gasteiger partial charge in [-0.1, -0.05) is 48.0 Å².